The lowest BCUT2D eigenvalue weighted by Crippen LogP contribution is -2.04. The van der Waals surface area contributed by atoms with E-state index < -0.39 is 0 Å². The monoisotopic (exact) mass is 439 g/mol. The van der Waals surface area contributed by atoms with Crippen molar-refractivity contribution in [1.82, 2.24) is 14.8 Å². The second-order valence-corrected chi connectivity index (χ2v) is 7.94. The van der Waals surface area contributed by atoms with E-state index in [0.29, 0.717) is 6.61 Å². The molecule has 4 rings (SSSR count). The Morgan fingerprint density at radius 1 is 1.00 bits per heavy atom. The van der Waals surface area contributed by atoms with Gasteiger partial charge in [0.05, 0.1) is 5.69 Å². The van der Waals surface area contributed by atoms with Crippen molar-refractivity contribution in [2.75, 3.05) is 7.11 Å². The fourth-order valence-corrected chi connectivity index (χ4v) is 4.39. The van der Waals surface area contributed by atoms with Gasteiger partial charge in [0.2, 0.25) is 0 Å². The highest BCUT2D eigenvalue weighted by Gasteiger charge is 2.16. The molecule has 0 atom stereocenters. The first-order chi connectivity index (χ1) is 13.3. The third-order valence-corrected chi connectivity index (χ3v) is 5.73. The molecule has 4 nitrogen and oxygen atoms in total. The summed E-state index contributed by atoms with van der Waals surface area (Å²) in [4.78, 5) is 0. The molecule has 0 amide bonds. The van der Waals surface area contributed by atoms with Crippen LogP contribution < -0.4 is 0 Å². The summed E-state index contributed by atoms with van der Waals surface area (Å²) >= 11 is 5.20. The average Bonchev–Trinajstić information content (AvgIpc) is 3.09. The maximum Gasteiger partial charge on any atom is 0.196 e. The van der Waals surface area contributed by atoms with Crippen molar-refractivity contribution in [2.45, 2.75) is 17.5 Å². The van der Waals surface area contributed by atoms with Crippen LogP contribution in [0.15, 0.2) is 76.4 Å². The first-order valence-electron chi connectivity index (χ1n) is 8.55. The summed E-state index contributed by atoms with van der Waals surface area (Å²) < 4.78 is 8.54. The van der Waals surface area contributed by atoms with Gasteiger partial charge in [-0.15, -0.1) is 10.2 Å². The number of methoxy groups -OCH3 is 1. The highest BCUT2D eigenvalue weighted by molar-refractivity contribution is 9.10. The summed E-state index contributed by atoms with van der Waals surface area (Å²) in [5.74, 6) is 1.61. The van der Waals surface area contributed by atoms with E-state index in [0.717, 1.165) is 26.9 Å². The number of nitrogens with zero attached hydrogens (tertiary/aromatic N) is 3. The van der Waals surface area contributed by atoms with Crippen molar-refractivity contribution in [3.05, 3.63) is 82.6 Å². The summed E-state index contributed by atoms with van der Waals surface area (Å²) in [6, 6.07) is 23.0. The molecule has 1 heterocycles. The summed E-state index contributed by atoms with van der Waals surface area (Å²) in [5, 5.41) is 12.0. The Bertz CT molecular complexity index is 1070. The number of aromatic nitrogens is 3. The van der Waals surface area contributed by atoms with E-state index in [1.54, 1.807) is 18.9 Å². The summed E-state index contributed by atoms with van der Waals surface area (Å²) in [6.07, 6.45) is 0. The molecule has 0 aliphatic rings. The molecule has 0 radical (unpaired) electrons. The number of thioether (sulfide) groups is 1. The number of hydrogen-bond acceptors (Lipinski definition) is 4. The normalized spacial score (nSPS) is 11.2. The van der Waals surface area contributed by atoms with Crippen LogP contribution in [0.5, 0.6) is 0 Å². The van der Waals surface area contributed by atoms with Crippen molar-refractivity contribution in [2.24, 2.45) is 0 Å². The molecular formula is C21H18BrN3OS. The highest BCUT2D eigenvalue weighted by atomic mass is 79.9. The third kappa shape index (κ3) is 3.93. The second-order valence-electron chi connectivity index (χ2n) is 6.08. The van der Waals surface area contributed by atoms with E-state index in [2.05, 4.69) is 85.3 Å². The van der Waals surface area contributed by atoms with Gasteiger partial charge in [0.25, 0.3) is 0 Å². The Labute approximate surface area is 170 Å². The fourth-order valence-electron chi connectivity index (χ4n) is 3.04. The zero-order valence-electron chi connectivity index (χ0n) is 14.8. The standard InChI is InChI=1S/C21H18BrN3OS/c1-26-13-20-23-24-21(27-14-15-6-4-9-17(22)12-15)25(20)19-11-5-8-16-7-2-3-10-18(16)19/h2-12H,13-14H2,1H3. The van der Waals surface area contributed by atoms with E-state index >= 15 is 0 Å². The molecule has 6 heteroatoms. The minimum absolute atomic E-state index is 0.410. The zero-order valence-corrected chi connectivity index (χ0v) is 17.2. The lowest BCUT2D eigenvalue weighted by Gasteiger charge is -2.13. The molecule has 0 aliphatic heterocycles. The summed E-state index contributed by atoms with van der Waals surface area (Å²) in [6.45, 7) is 0.410. The van der Waals surface area contributed by atoms with Gasteiger partial charge in [-0.25, -0.2) is 0 Å². The molecule has 0 saturated carbocycles. The number of benzene rings is 3. The van der Waals surface area contributed by atoms with Gasteiger partial charge in [-0.2, -0.15) is 0 Å². The Kier molecular flexibility index (Phi) is 5.57. The molecule has 0 fully saturated rings. The molecule has 3 aromatic carbocycles. The number of halogens is 1. The van der Waals surface area contributed by atoms with Crippen molar-refractivity contribution >= 4 is 38.5 Å². The smallest absolute Gasteiger partial charge is 0.196 e. The molecule has 0 spiro atoms. The number of ether oxygens (including phenoxy) is 1. The Hall–Kier alpha value is -2.15. The molecule has 0 unspecified atom stereocenters. The first-order valence-corrected chi connectivity index (χ1v) is 10.3. The Morgan fingerprint density at radius 2 is 1.81 bits per heavy atom. The molecule has 0 saturated heterocycles. The van der Waals surface area contributed by atoms with Gasteiger partial charge in [0, 0.05) is 22.7 Å². The van der Waals surface area contributed by atoms with Gasteiger partial charge >= 0.3 is 0 Å². The maximum absolute atomic E-state index is 5.36. The van der Waals surface area contributed by atoms with Gasteiger partial charge in [0.1, 0.15) is 6.61 Å². The highest BCUT2D eigenvalue weighted by Crippen LogP contribution is 2.30. The van der Waals surface area contributed by atoms with E-state index in [-0.39, 0.29) is 0 Å². The van der Waals surface area contributed by atoms with Gasteiger partial charge in [0.15, 0.2) is 11.0 Å². The Balaban J connectivity index is 1.75. The molecular weight excluding hydrogens is 422 g/mol. The van der Waals surface area contributed by atoms with Crippen LogP contribution in [0.25, 0.3) is 16.5 Å². The quantitative estimate of drug-likeness (QED) is 0.365. The average molecular weight is 440 g/mol. The van der Waals surface area contributed by atoms with E-state index in [4.69, 9.17) is 4.74 Å². The molecule has 4 aromatic rings. The molecule has 0 N–H and O–H groups in total. The van der Waals surface area contributed by atoms with Gasteiger partial charge in [-0.1, -0.05) is 76.2 Å². The predicted molar refractivity (Wildman–Crippen MR) is 113 cm³/mol. The molecule has 0 bridgehead atoms. The van der Waals surface area contributed by atoms with Gasteiger partial charge < -0.3 is 4.74 Å². The topological polar surface area (TPSA) is 39.9 Å². The van der Waals surface area contributed by atoms with Crippen LogP contribution in [0.3, 0.4) is 0 Å². The van der Waals surface area contributed by atoms with E-state index in [9.17, 15) is 0 Å². The second kappa shape index (κ2) is 8.25. The lowest BCUT2D eigenvalue weighted by atomic mass is 10.1. The number of fused-ring (bicyclic) bond motifs is 1. The van der Waals surface area contributed by atoms with E-state index in [1.807, 2.05) is 12.1 Å². The summed E-state index contributed by atoms with van der Waals surface area (Å²) in [5.41, 5.74) is 2.30. The minimum atomic E-state index is 0.410. The van der Waals surface area contributed by atoms with Crippen LogP contribution in [0.4, 0.5) is 0 Å². The number of rotatable bonds is 6. The number of hydrogen-bond donors (Lipinski definition) is 0. The molecule has 1 aromatic heterocycles. The van der Waals surface area contributed by atoms with Crippen LogP contribution >= 0.6 is 27.7 Å². The molecule has 136 valence electrons. The first kappa shape index (κ1) is 18.2. The Morgan fingerprint density at radius 3 is 2.67 bits per heavy atom. The van der Waals surface area contributed by atoms with Crippen LogP contribution in [0, 0.1) is 0 Å². The van der Waals surface area contributed by atoms with E-state index in [1.165, 1.54) is 16.3 Å². The maximum atomic E-state index is 5.36. The zero-order chi connectivity index (χ0) is 18.6. The third-order valence-electron chi connectivity index (χ3n) is 4.24. The van der Waals surface area contributed by atoms with Gasteiger partial charge in [-0.3, -0.25) is 4.57 Å². The fraction of sp³-hybridized carbons (Fsp3) is 0.143. The molecule has 0 aliphatic carbocycles. The van der Waals surface area contributed by atoms with Crippen molar-refractivity contribution in [3.8, 4) is 5.69 Å². The SMILES string of the molecule is COCc1nnc(SCc2cccc(Br)c2)n1-c1cccc2ccccc12. The minimum Gasteiger partial charge on any atom is -0.377 e. The van der Waals surface area contributed by atoms with Crippen molar-refractivity contribution < 1.29 is 4.74 Å². The molecule has 27 heavy (non-hydrogen) atoms. The van der Waals surface area contributed by atoms with Crippen molar-refractivity contribution in [1.29, 1.82) is 0 Å². The van der Waals surface area contributed by atoms with Gasteiger partial charge in [-0.05, 0) is 29.1 Å². The van der Waals surface area contributed by atoms with Crippen LogP contribution in [0.2, 0.25) is 0 Å². The van der Waals surface area contributed by atoms with Crippen LogP contribution in [-0.2, 0) is 17.1 Å². The summed E-state index contributed by atoms with van der Waals surface area (Å²) in [7, 11) is 1.68. The lowest BCUT2D eigenvalue weighted by molar-refractivity contribution is 0.176. The van der Waals surface area contributed by atoms with Crippen molar-refractivity contribution in [3.63, 3.8) is 0 Å². The predicted octanol–water partition coefficient (Wildman–Crippen LogP) is 5.62. The largest absolute Gasteiger partial charge is 0.377 e. The van der Waals surface area contributed by atoms with Crippen LogP contribution in [0.1, 0.15) is 11.4 Å². The van der Waals surface area contributed by atoms with Crippen LogP contribution in [-0.4, -0.2) is 21.9 Å².